The maximum Gasteiger partial charge on any atom is 0.201 e. The molecule has 3 aromatic rings. The third kappa shape index (κ3) is 6.00. The fourth-order valence-electron chi connectivity index (χ4n) is 4.27. The zero-order valence-electron chi connectivity index (χ0n) is 20.4. The molecule has 1 saturated heterocycles. The minimum Gasteiger partial charge on any atom is -0.490 e. The number of halogens is 3. The molecule has 0 atom stereocenters. The van der Waals surface area contributed by atoms with Gasteiger partial charge in [0.05, 0.1) is 19.8 Å². The Labute approximate surface area is 210 Å². The molecule has 0 aromatic heterocycles. The van der Waals surface area contributed by atoms with Crippen molar-refractivity contribution in [2.75, 3.05) is 19.8 Å². The molecule has 0 unspecified atom stereocenters. The predicted molar refractivity (Wildman–Crippen MR) is 135 cm³/mol. The van der Waals surface area contributed by atoms with Crippen molar-refractivity contribution in [1.82, 2.24) is 0 Å². The number of benzene rings is 3. The number of hydrogen-bond acceptors (Lipinski definition) is 3. The van der Waals surface area contributed by atoms with E-state index in [9.17, 15) is 13.2 Å². The third-order valence-corrected chi connectivity index (χ3v) is 6.39. The fraction of sp³-hybridized carbons (Fsp3) is 0.333. The highest BCUT2D eigenvalue weighted by atomic mass is 19.2. The normalized spacial score (nSPS) is 17.7. The fourth-order valence-corrected chi connectivity index (χ4v) is 4.27. The monoisotopic (exact) mass is 496 g/mol. The van der Waals surface area contributed by atoms with Gasteiger partial charge in [-0.1, -0.05) is 69.2 Å². The summed E-state index contributed by atoms with van der Waals surface area (Å²) in [6.07, 6.45) is 5.13. The van der Waals surface area contributed by atoms with Crippen LogP contribution in [0.15, 0.2) is 67.3 Å². The average Bonchev–Trinajstić information content (AvgIpc) is 2.91. The highest BCUT2D eigenvalue weighted by molar-refractivity contribution is 5.71. The molecule has 0 N–H and O–H groups in total. The van der Waals surface area contributed by atoms with Crippen molar-refractivity contribution in [1.29, 1.82) is 0 Å². The minimum atomic E-state index is -0.996. The number of ether oxygens (including phenoxy) is 3. The van der Waals surface area contributed by atoms with E-state index in [1.165, 1.54) is 18.2 Å². The second kappa shape index (κ2) is 12.2. The summed E-state index contributed by atoms with van der Waals surface area (Å²) in [5, 5.41) is 0. The molecule has 0 radical (unpaired) electrons. The Balaban J connectivity index is 1.45. The van der Waals surface area contributed by atoms with Crippen LogP contribution in [-0.2, 0) is 9.47 Å². The van der Waals surface area contributed by atoms with Crippen molar-refractivity contribution in [3.8, 4) is 28.0 Å². The number of unbranched alkanes of at least 4 members (excludes halogenated alkanes) is 3. The van der Waals surface area contributed by atoms with Crippen LogP contribution in [0.3, 0.4) is 0 Å². The van der Waals surface area contributed by atoms with Crippen LogP contribution in [0.5, 0.6) is 5.75 Å². The number of rotatable bonds is 10. The third-order valence-electron chi connectivity index (χ3n) is 6.39. The summed E-state index contributed by atoms with van der Waals surface area (Å²) in [6, 6.07) is 14.7. The molecule has 0 aliphatic carbocycles. The molecular formula is C30H31F3O3. The molecule has 0 amide bonds. The van der Waals surface area contributed by atoms with E-state index < -0.39 is 17.9 Å². The Morgan fingerprint density at radius 3 is 2.17 bits per heavy atom. The summed E-state index contributed by atoms with van der Waals surface area (Å²) < 4.78 is 60.8. The summed E-state index contributed by atoms with van der Waals surface area (Å²) in [6.45, 7) is 6.95. The molecule has 4 rings (SSSR count). The van der Waals surface area contributed by atoms with Gasteiger partial charge in [0.25, 0.3) is 0 Å². The lowest BCUT2D eigenvalue weighted by atomic mass is 9.95. The first-order chi connectivity index (χ1) is 17.5. The van der Waals surface area contributed by atoms with Crippen LogP contribution in [0.4, 0.5) is 13.2 Å². The molecule has 0 bridgehead atoms. The second-order valence-corrected chi connectivity index (χ2v) is 8.93. The molecular weight excluding hydrogens is 465 g/mol. The van der Waals surface area contributed by atoms with Crippen LogP contribution in [0.1, 0.15) is 44.1 Å². The summed E-state index contributed by atoms with van der Waals surface area (Å²) in [5.41, 5.74) is 2.47. The van der Waals surface area contributed by atoms with Crippen molar-refractivity contribution in [2.24, 2.45) is 0 Å². The van der Waals surface area contributed by atoms with E-state index in [4.69, 9.17) is 14.2 Å². The topological polar surface area (TPSA) is 27.7 Å². The second-order valence-electron chi connectivity index (χ2n) is 8.93. The summed E-state index contributed by atoms with van der Waals surface area (Å²) in [4.78, 5) is 0. The smallest absolute Gasteiger partial charge is 0.201 e. The Morgan fingerprint density at radius 1 is 0.861 bits per heavy atom. The van der Waals surface area contributed by atoms with Gasteiger partial charge < -0.3 is 14.2 Å². The van der Waals surface area contributed by atoms with Crippen LogP contribution < -0.4 is 4.74 Å². The van der Waals surface area contributed by atoms with Gasteiger partial charge >= 0.3 is 0 Å². The Bertz CT molecular complexity index is 1170. The van der Waals surface area contributed by atoms with Gasteiger partial charge in [0.15, 0.2) is 17.9 Å². The van der Waals surface area contributed by atoms with Crippen molar-refractivity contribution < 1.29 is 27.4 Å². The summed E-state index contributed by atoms with van der Waals surface area (Å²) in [7, 11) is 0. The first-order valence-corrected chi connectivity index (χ1v) is 12.4. The lowest BCUT2D eigenvalue weighted by Gasteiger charge is -2.28. The molecule has 1 fully saturated rings. The molecule has 36 heavy (non-hydrogen) atoms. The van der Waals surface area contributed by atoms with Gasteiger partial charge in [-0.3, -0.25) is 0 Å². The largest absolute Gasteiger partial charge is 0.490 e. The van der Waals surface area contributed by atoms with Gasteiger partial charge in [-0.2, -0.15) is 4.39 Å². The highest BCUT2D eigenvalue weighted by Gasteiger charge is 2.23. The van der Waals surface area contributed by atoms with Crippen molar-refractivity contribution in [3.05, 3.63) is 90.3 Å². The highest BCUT2D eigenvalue weighted by Crippen LogP contribution is 2.33. The maximum absolute atomic E-state index is 15.0. The molecule has 3 aromatic carbocycles. The van der Waals surface area contributed by atoms with Gasteiger partial charge in [0, 0.05) is 17.0 Å². The van der Waals surface area contributed by atoms with Crippen LogP contribution in [0.2, 0.25) is 0 Å². The number of hydrogen-bond donors (Lipinski definition) is 0. The van der Waals surface area contributed by atoms with E-state index >= 15 is 0 Å². The molecule has 190 valence electrons. The van der Waals surface area contributed by atoms with Crippen LogP contribution in [0.25, 0.3) is 22.3 Å². The Kier molecular flexibility index (Phi) is 8.83. The minimum absolute atomic E-state index is 0.0618. The van der Waals surface area contributed by atoms with E-state index in [1.54, 1.807) is 36.4 Å². The maximum atomic E-state index is 15.0. The van der Waals surface area contributed by atoms with E-state index in [2.05, 4.69) is 13.5 Å². The quantitative estimate of drug-likeness (QED) is 0.210. The molecule has 0 spiro atoms. The standard InChI is InChI=1S/C30H31F3O3/c1-3-5-6-7-16-34-27-15-14-25(29(32)30(27)33)21-10-8-20(9-11-21)24-13-12-22(17-26(24)31)23-18-35-28(4-2)36-19-23/h4,8-15,17,23,28H,2-3,5-7,16,18-19H2,1H3. The van der Waals surface area contributed by atoms with Crippen LogP contribution in [-0.4, -0.2) is 26.1 Å². The van der Waals surface area contributed by atoms with Gasteiger partial charge in [0.2, 0.25) is 5.82 Å². The average molecular weight is 497 g/mol. The van der Waals surface area contributed by atoms with Crippen LogP contribution in [0, 0.1) is 17.5 Å². The van der Waals surface area contributed by atoms with E-state index in [0.29, 0.717) is 36.5 Å². The zero-order chi connectivity index (χ0) is 25.5. The van der Waals surface area contributed by atoms with Crippen LogP contribution >= 0.6 is 0 Å². The molecule has 1 aliphatic rings. The Hall–Kier alpha value is -3.09. The molecule has 3 nitrogen and oxygen atoms in total. The van der Waals surface area contributed by atoms with E-state index in [1.807, 2.05) is 6.07 Å². The summed E-state index contributed by atoms with van der Waals surface area (Å²) in [5.74, 6) is -2.47. The van der Waals surface area contributed by atoms with Gasteiger partial charge in [-0.25, -0.2) is 8.78 Å². The van der Waals surface area contributed by atoms with Crippen molar-refractivity contribution in [2.45, 2.75) is 44.8 Å². The van der Waals surface area contributed by atoms with Crippen molar-refractivity contribution >= 4 is 0 Å². The lowest BCUT2D eigenvalue weighted by Crippen LogP contribution is -2.29. The predicted octanol–water partition coefficient (Wildman–Crippen LogP) is 8.04. The van der Waals surface area contributed by atoms with E-state index in [0.717, 1.165) is 31.2 Å². The zero-order valence-corrected chi connectivity index (χ0v) is 20.4. The molecule has 1 aliphatic heterocycles. The summed E-state index contributed by atoms with van der Waals surface area (Å²) >= 11 is 0. The van der Waals surface area contributed by atoms with Gasteiger partial charge in [-0.05, 0) is 47.4 Å². The van der Waals surface area contributed by atoms with Gasteiger partial charge in [0.1, 0.15) is 5.82 Å². The first-order valence-electron chi connectivity index (χ1n) is 12.4. The van der Waals surface area contributed by atoms with Gasteiger partial charge in [-0.15, -0.1) is 0 Å². The Morgan fingerprint density at radius 2 is 1.53 bits per heavy atom. The van der Waals surface area contributed by atoms with Crippen molar-refractivity contribution in [3.63, 3.8) is 0 Å². The first kappa shape index (κ1) is 26.0. The SMILES string of the molecule is C=CC1OCC(c2ccc(-c3ccc(-c4ccc(OCCCCCC)c(F)c4F)cc3)c(F)c2)CO1. The van der Waals surface area contributed by atoms with E-state index in [-0.39, 0.29) is 23.0 Å². The molecule has 1 heterocycles. The molecule has 0 saturated carbocycles. The lowest BCUT2D eigenvalue weighted by molar-refractivity contribution is -0.159. The molecule has 6 heteroatoms.